The Morgan fingerprint density at radius 2 is 1.78 bits per heavy atom. The van der Waals surface area contributed by atoms with E-state index >= 15 is 0 Å². The highest BCUT2D eigenvalue weighted by atomic mass is 79.9. The first-order valence-corrected chi connectivity index (χ1v) is 9.12. The summed E-state index contributed by atoms with van der Waals surface area (Å²) >= 11 is 3.29. The molecular formula is C20H17BrN2O4. The van der Waals surface area contributed by atoms with Crippen LogP contribution in [0.3, 0.4) is 0 Å². The van der Waals surface area contributed by atoms with Gasteiger partial charge in [0.05, 0.1) is 6.42 Å². The first kappa shape index (κ1) is 18.8. The second-order valence-corrected chi connectivity index (χ2v) is 6.83. The van der Waals surface area contributed by atoms with E-state index in [2.05, 4.69) is 26.2 Å². The Morgan fingerprint density at radius 1 is 1.00 bits per heavy atom. The van der Waals surface area contributed by atoms with Crippen LogP contribution in [0.25, 0.3) is 10.9 Å². The number of fused-ring (bicyclic) bond motifs is 1. The van der Waals surface area contributed by atoms with Crippen molar-refractivity contribution in [2.75, 3.05) is 11.9 Å². The van der Waals surface area contributed by atoms with Crippen molar-refractivity contribution in [3.05, 3.63) is 64.8 Å². The van der Waals surface area contributed by atoms with E-state index in [0.29, 0.717) is 11.3 Å². The Hall–Kier alpha value is -2.93. The van der Waals surface area contributed by atoms with E-state index in [4.69, 9.17) is 4.74 Å². The molecule has 0 saturated carbocycles. The lowest BCUT2D eigenvalue weighted by Gasteiger charge is -2.06. The molecule has 0 spiro atoms. The Morgan fingerprint density at radius 3 is 2.56 bits per heavy atom. The Labute approximate surface area is 164 Å². The summed E-state index contributed by atoms with van der Waals surface area (Å²) in [5.41, 5.74) is 2.02. The molecule has 27 heavy (non-hydrogen) atoms. The minimum Gasteiger partial charge on any atom is -0.457 e. The number of hydrogen-bond acceptors (Lipinski definition) is 4. The van der Waals surface area contributed by atoms with E-state index < -0.39 is 5.97 Å². The summed E-state index contributed by atoms with van der Waals surface area (Å²) in [7, 11) is 0. The van der Waals surface area contributed by atoms with Crippen LogP contribution in [-0.2, 0) is 14.3 Å². The molecule has 2 N–H and O–H groups in total. The van der Waals surface area contributed by atoms with E-state index in [0.717, 1.165) is 15.4 Å². The van der Waals surface area contributed by atoms with Crippen LogP contribution in [-0.4, -0.2) is 29.3 Å². The van der Waals surface area contributed by atoms with E-state index in [1.807, 2.05) is 24.4 Å². The van der Waals surface area contributed by atoms with Gasteiger partial charge in [0.25, 0.3) is 0 Å². The van der Waals surface area contributed by atoms with Gasteiger partial charge in [-0.1, -0.05) is 34.1 Å². The number of benzene rings is 2. The van der Waals surface area contributed by atoms with E-state index in [1.165, 1.54) is 0 Å². The zero-order valence-corrected chi connectivity index (χ0v) is 15.9. The molecule has 6 nitrogen and oxygen atoms in total. The van der Waals surface area contributed by atoms with Crippen LogP contribution in [0.4, 0.5) is 5.69 Å². The third kappa shape index (κ3) is 5.27. The first-order chi connectivity index (χ1) is 13.0. The number of carbonyl (C=O) groups is 3. The fourth-order valence-corrected chi connectivity index (χ4v) is 2.77. The SMILES string of the molecule is O=C(CCC(=O)OCC(=O)c1ccc(Br)cc1)Nc1ccc2cc[nH]c2c1. The first-order valence-electron chi connectivity index (χ1n) is 8.32. The lowest BCUT2D eigenvalue weighted by atomic mass is 10.1. The largest absolute Gasteiger partial charge is 0.457 e. The van der Waals surface area contributed by atoms with Gasteiger partial charge in [-0.3, -0.25) is 14.4 Å². The fraction of sp³-hybridized carbons (Fsp3) is 0.150. The zero-order valence-electron chi connectivity index (χ0n) is 14.3. The van der Waals surface area contributed by atoms with Gasteiger partial charge in [-0.2, -0.15) is 0 Å². The number of carbonyl (C=O) groups excluding carboxylic acids is 3. The quantitative estimate of drug-likeness (QED) is 0.438. The van der Waals surface area contributed by atoms with Crippen molar-refractivity contribution < 1.29 is 19.1 Å². The standard InChI is InChI=1S/C20H17BrN2O4/c21-15-4-1-14(2-5-15)18(24)12-27-20(26)8-7-19(25)23-16-6-3-13-9-10-22-17(13)11-16/h1-6,9-11,22H,7-8,12H2,(H,23,25). The van der Waals surface area contributed by atoms with Crippen LogP contribution in [0.5, 0.6) is 0 Å². The molecule has 1 heterocycles. The highest BCUT2D eigenvalue weighted by Crippen LogP contribution is 2.18. The molecule has 0 aliphatic heterocycles. The van der Waals surface area contributed by atoms with Gasteiger partial charge in [-0.25, -0.2) is 0 Å². The smallest absolute Gasteiger partial charge is 0.306 e. The predicted molar refractivity (Wildman–Crippen MR) is 106 cm³/mol. The van der Waals surface area contributed by atoms with E-state index in [1.54, 1.807) is 30.3 Å². The number of esters is 1. The maximum absolute atomic E-state index is 12.0. The number of amides is 1. The summed E-state index contributed by atoms with van der Waals surface area (Å²) in [6, 6.07) is 14.2. The second-order valence-electron chi connectivity index (χ2n) is 5.92. The van der Waals surface area contributed by atoms with Gasteiger partial charge < -0.3 is 15.0 Å². The summed E-state index contributed by atoms with van der Waals surface area (Å²) in [4.78, 5) is 38.8. The van der Waals surface area contributed by atoms with Gasteiger partial charge in [-0.05, 0) is 35.7 Å². The van der Waals surface area contributed by atoms with Crippen molar-refractivity contribution in [3.63, 3.8) is 0 Å². The molecule has 7 heteroatoms. The predicted octanol–water partition coefficient (Wildman–Crippen LogP) is 4.08. The number of hydrogen-bond donors (Lipinski definition) is 2. The maximum atomic E-state index is 12.0. The van der Waals surface area contributed by atoms with Crippen LogP contribution in [0.2, 0.25) is 0 Å². The van der Waals surface area contributed by atoms with Gasteiger partial charge in [-0.15, -0.1) is 0 Å². The van der Waals surface area contributed by atoms with Crippen LogP contribution >= 0.6 is 15.9 Å². The van der Waals surface area contributed by atoms with Crippen molar-refractivity contribution >= 4 is 50.2 Å². The number of halogens is 1. The molecule has 0 bridgehead atoms. The molecule has 0 fully saturated rings. The summed E-state index contributed by atoms with van der Waals surface area (Å²) < 4.78 is 5.81. The minimum absolute atomic E-state index is 0.0198. The number of Topliss-reactive ketones (excluding diaryl/α,β-unsaturated/α-hetero) is 1. The van der Waals surface area contributed by atoms with E-state index in [9.17, 15) is 14.4 Å². The molecule has 0 atom stereocenters. The number of ether oxygens (including phenoxy) is 1. The number of H-pyrrole nitrogens is 1. The van der Waals surface area contributed by atoms with Crippen LogP contribution < -0.4 is 5.32 Å². The fourth-order valence-electron chi connectivity index (χ4n) is 2.50. The van der Waals surface area contributed by atoms with Crippen LogP contribution in [0, 0.1) is 0 Å². The maximum Gasteiger partial charge on any atom is 0.306 e. The van der Waals surface area contributed by atoms with E-state index in [-0.39, 0.29) is 31.1 Å². The monoisotopic (exact) mass is 428 g/mol. The molecule has 0 unspecified atom stereocenters. The molecule has 0 radical (unpaired) electrons. The van der Waals surface area contributed by atoms with Gasteiger partial charge >= 0.3 is 5.97 Å². The Bertz CT molecular complexity index is 979. The number of aromatic amines is 1. The number of rotatable bonds is 7. The molecule has 0 aliphatic rings. The molecule has 2 aromatic carbocycles. The van der Waals surface area contributed by atoms with Crippen molar-refractivity contribution in [2.45, 2.75) is 12.8 Å². The third-order valence-corrected chi connectivity index (χ3v) is 4.45. The summed E-state index contributed by atoms with van der Waals surface area (Å²) in [6.45, 7) is -0.342. The molecule has 1 aromatic heterocycles. The van der Waals surface area contributed by atoms with Gasteiger partial charge in [0.1, 0.15) is 0 Å². The zero-order chi connectivity index (χ0) is 19.2. The summed E-state index contributed by atoms with van der Waals surface area (Å²) in [6.07, 6.45) is 1.71. The second kappa shape index (κ2) is 8.64. The number of ketones is 1. The topological polar surface area (TPSA) is 88.3 Å². The number of aromatic nitrogens is 1. The molecular weight excluding hydrogens is 412 g/mol. The highest BCUT2D eigenvalue weighted by Gasteiger charge is 2.12. The average Bonchev–Trinajstić information content (AvgIpc) is 3.13. The number of anilines is 1. The molecule has 0 aliphatic carbocycles. The number of nitrogens with one attached hydrogen (secondary N) is 2. The molecule has 0 saturated heterocycles. The minimum atomic E-state index is -0.588. The van der Waals surface area contributed by atoms with Crippen LogP contribution in [0.1, 0.15) is 23.2 Å². The van der Waals surface area contributed by atoms with Crippen molar-refractivity contribution in [1.82, 2.24) is 4.98 Å². The normalized spacial score (nSPS) is 10.6. The lowest BCUT2D eigenvalue weighted by Crippen LogP contribution is -2.17. The van der Waals surface area contributed by atoms with Gasteiger partial charge in [0.15, 0.2) is 12.4 Å². The van der Waals surface area contributed by atoms with Gasteiger partial charge in [0, 0.05) is 33.9 Å². The summed E-state index contributed by atoms with van der Waals surface area (Å²) in [5, 5.41) is 3.79. The third-order valence-electron chi connectivity index (χ3n) is 3.93. The Kier molecular flexibility index (Phi) is 6.03. The molecule has 138 valence electrons. The molecule has 3 aromatic rings. The molecule has 1 amide bonds. The Balaban J connectivity index is 1.42. The average molecular weight is 429 g/mol. The van der Waals surface area contributed by atoms with Crippen molar-refractivity contribution in [3.8, 4) is 0 Å². The molecule has 3 rings (SSSR count). The van der Waals surface area contributed by atoms with Crippen molar-refractivity contribution in [1.29, 1.82) is 0 Å². The lowest BCUT2D eigenvalue weighted by molar-refractivity contribution is -0.143. The summed E-state index contributed by atoms with van der Waals surface area (Å²) in [5.74, 6) is -1.17. The van der Waals surface area contributed by atoms with Crippen LogP contribution in [0.15, 0.2) is 59.2 Å². The highest BCUT2D eigenvalue weighted by molar-refractivity contribution is 9.10. The van der Waals surface area contributed by atoms with Crippen molar-refractivity contribution in [2.24, 2.45) is 0 Å². The van der Waals surface area contributed by atoms with Gasteiger partial charge in [0.2, 0.25) is 5.91 Å².